The Morgan fingerprint density at radius 3 is 2.69 bits per heavy atom. The van der Waals surface area contributed by atoms with Gasteiger partial charge in [0.15, 0.2) is 0 Å². The zero-order valence-electron chi connectivity index (χ0n) is 18.7. The largest absolute Gasteiger partial charge is 0.492 e. The summed E-state index contributed by atoms with van der Waals surface area (Å²) in [5, 5.41) is 1.14. The van der Waals surface area contributed by atoms with Crippen LogP contribution in [0.1, 0.15) is 12.8 Å². The maximum absolute atomic E-state index is 6.06. The first-order valence-electron chi connectivity index (χ1n) is 11.2. The Hall–Kier alpha value is -3.16. The van der Waals surface area contributed by atoms with Crippen molar-refractivity contribution in [3.8, 4) is 11.6 Å². The quantitative estimate of drug-likeness (QED) is 0.505. The number of nitrogens with zero attached hydrogens (tertiary/aromatic N) is 5. The number of imidazole rings is 1. The van der Waals surface area contributed by atoms with Gasteiger partial charge in [-0.05, 0) is 69.4 Å². The first-order chi connectivity index (χ1) is 15.6. The first-order valence-corrected chi connectivity index (χ1v) is 11.2. The lowest BCUT2D eigenvalue weighted by Crippen LogP contribution is -2.39. The van der Waals surface area contributed by atoms with E-state index < -0.39 is 0 Å². The monoisotopic (exact) mass is 430 g/mol. The number of rotatable bonds is 6. The van der Waals surface area contributed by atoms with Crippen molar-refractivity contribution in [2.45, 2.75) is 18.9 Å². The van der Waals surface area contributed by atoms with E-state index in [9.17, 15) is 0 Å². The molecule has 5 rings (SSSR count). The molecule has 1 fully saturated rings. The second kappa shape index (κ2) is 8.76. The van der Waals surface area contributed by atoms with Crippen molar-refractivity contribution in [1.82, 2.24) is 19.4 Å². The summed E-state index contributed by atoms with van der Waals surface area (Å²) in [7, 11) is 4.07. The van der Waals surface area contributed by atoms with Gasteiger partial charge in [0, 0.05) is 42.8 Å². The van der Waals surface area contributed by atoms with Crippen LogP contribution in [0.3, 0.4) is 0 Å². The second-order valence-electron chi connectivity index (χ2n) is 8.79. The van der Waals surface area contributed by atoms with Crippen molar-refractivity contribution >= 4 is 27.6 Å². The Morgan fingerprint density at radius 2 is 1.88 bits per heavy atom. The third-order valence-electron chi connectivity index (χ3n) is 6.14. The lowest BCUT2D eigenvalue weighted by molar-refractivity contribution is 0.261. The highest BCUT2D eigenvalue weighted by Gasteiger charge is 2.17. The average molecular weight is 431 g/mol. The number of piperidine rings is 1. The van der Waals surface area contributed by atoms with Gasteiger partial charge in [-0.25, -0.2) is 9.97 Å². The van der Waals surface area contributed by atoms with Gasteiger partial charge in [0.2, 0.25) is 0 Å². The van der Waals surface area contributed by atoms with E-state index in [0.29, 0.717) is 12.6 Å². The number of hydrogen-bond acceptors (Lipinski definition) is 6. The molecule has 0 saturated carbocycles. The van der Waals surface area contributed by atoms with E-state index in [1.54, 1.807) is 0 Å². The fourth-order valence-corrected chi connectivity index (χ4v) is 4.20. The number of aromatic nitrogens is 3. The number of ether oxygens (including phenoxy) is 1. The van der Waals surface area contributed by atoms with Gasteiger partial charge < -0.3 is 20.3 Å². The van der Waals surface area contributed by atoms with Gasteiger partial charge in [0.1, 0.15) is 24.5 Å². The van der Waals surface area contributed by atoms with E-state index in [1.165, 1.54) is 5.69 Å². The van der Waals surface area contributed by atoms with Gasteiger partial charge in [0.05, 0.1) is 16.6 Å². The number of likely N-dealkylation sites (N-methyl/N-ethyl adjacent to an activating group) is 1. The molecule has 0 aliphatic carbocycles. The highest BCUT2D eigenvalue weighted by Crippen LogP contribution is 2.26. The van der Waals surface area contributed by atoms with Crippen LogP contribution in [0, 0.1) is 0 Å². The van der Waals surface area contributed by atoms with Gasteiger partial charge in [-0.15, -0.1) is 0 Å². The summed E-state index contributed by atoms with van der Waals surface area (Å²) in [5.74, 6) is 1.69. The summed E-state index contributed by atoms with van der Waals surface area (Å²) in [4.78, 5) is 14.0. The minimum absolute atomic E-state index is 0.335. The summed E-state index contributed by atoms with van der Waals surface area (Å²) in [5.41, 5.74) is 10.2. The predicted octanol–water partition coefficient (Wildman–Crippen LogP) is 3.44. The molecule has 2 aromatic carbocycles. The van der Waals surface area contributed by atoms with Crippen molar-refractivity contribution in [3.63, 3.8) is 0 Å². The molecule has 2 aromatic heterocycles. The van der Waals surface area contributed by atoms with Crippen molar-refractivity contribution in [2.24, 2.45) is 5.73 Å². The van der Waals surface area contributed by atoms with Crippen molar-refractivity contribution < 1.29 is 4.74 Å². The van der Waals surface area contributed by atoms with Crippen molar-refractivity contribution in [1.29, 1.82) is 0 Å². The molecule has 2 N–H and O–H groups in total. The molecule has 1 saturated heterocycles. The van der Waals surface area contributed by atoms with Crippen LogP contribution < -0.4 is 15.4 Å². The smallest absolute Gasteiger partial charge is 0.139 e. The van der Waals surface area contributed by atoms with E-state index in [1.807, 2.05) is 43.2 Å². The van der Waals surface area contributed by atoms with Gasteiger partial charge in [0.25, 0.3) is 0 Å². The van der Waals surface area contributed by atoms with Crippen molar-refractivity contribution in [3.05, 3.63) is 54.9 Å². The van der Waals surface area contributed by atoms with Gasteiger partial charge in [-0.2, -0.15) is 0 Å². The van der Waals surface area contributed by atoms with Gasteiger partial charge >= 0.3 is 0 Å². The van der Waals surface area contributed by atoms with Crippen LogP contribution in [0.25, 0.3) is 27.8 Å². The van der Waals surface area contributed by atoms with Crippen LogP contribution in [0.5, 0.6) is 5.75 Å². The van der Waals surface area contributed by atoms with E-state index in [2.05, 4.69) is 45.1 Å². The lowest BCUT2D eigenvalue weighted by Gasteiger charge is -2.32. The first kappa shape index (κ1) is 20.7. The zero-order valence-corrected chi connectivity index (χ0v) is 18.7. The minimum atomic E-state index is 0.335. The zero-order chi connectivity index (χ0) is 22.1. The maximum atomic E-state index is 6.06. The molecule has 7 nitrogen and oxygen atoms in total. The van der Waals surface area contributed by atoms with E-state index in [-0.39, 0.29) is 0 Å². The molecule has 7 heteroatoms. The second-order valence-corrected chi connectivity index (χ2v) is 8.79. The van der Waals surface area contributed by atoms with Crippen LogP contribution >= 0.6 is 0 Å². The number of pyridine rings is 1. The predicted molar refractivity (Wildman–Crippen MR) is 130 cm³/mol. The third kappa shape index (κ3) is 4.26. The molecule has 0 amide bonds. The molecule has 0 radical (unpaired) electrons. The van der Waals surface area contributed by atoms with E-state index in [0.717, 1.165) is 66.0 Å². The third-order valence-corrected chi connectivity index (χ3v) is 6.14. The highest BCUT2D eigenvalue weighted by atomic mass is 16.5. The Bertz CT molecular complexity index is 1230. The van der Waals surface area contributed by atoms with E-state index >= 15 is 0 Å². The molecule has 1 aliphatic heterocycles. The molecule has 0 spiro atoms. The Labute approximate surface area is 188 Å². The van der Waals surface area contributed by atoms with E-state index in [4.69, 9.17) is 15.5 Å². The fourth-order valence-electron chi connectivity index (χ4n) is 4.20. The summed E-state index contributed by atoms with van der Waals surface area (Å²) >= 11 is 0. The van der Waals surface area contributed by atoms with Gasteiger partial charge in [-0.3, -0.25) is 4.57 Å². The summed E-state index contributed by atoms with van der Waals surface area (Å²) in [6.07, 6.45) is 3.92. The molecule has 0 unspecified atom stereocenters. The fraction of sp³-hybridized carbons (Fsp3) is 0.360. The molecular formula is C25H30N6O. The molecule has 3 heterocycles. The standard InChI is InChI=1S/C25H30N6O/c1-29(2)13-14-32-21-5-7-24-23(16-21)27-17-31(24)25-8-3-18-15-20(4-6-22(18)28-25)30-11-9-19(26)10-12-30/h3-8,15-17,19H,9-14,26H2,1-2H3. The number of fused-ring (bicyclic) bond motifs is 2. The molecular weight excluding hydrogens is 400 g/mol. The molecule has 0 atom stereocenters. The Balaban J connectivity index is 1.38. The van der Waals surface area contributed by atoms with Crippen LogP contribution in [0.15, 0.2) is 54.9 Å². The van der Waals surface area contributed by atoms with Crippen molar-refractivity contribution in [2.75, 3.05) is 45.2 Å². The van der Waals surface area contributed by atoms with Crippen LogP contribution in [0.2, 0.25) is 0 Å². The topological polar surface area (TPSA) is 72.4 Å². The summed E-state index contributed by atoms with van der Waals surface area (Å²) in [6.45, 7) is 3.55. The average Bonchev–Trinajstić information content (AvgIpc) is 3.22. The number of nitrogens with two attached hydrogens (primary N) is 1. The van der Waals surface area contributed by atoms with Crippen LogP contribution in [-0.4, -0.2) is 65.8 Å². The number of benzene rings is 2. The normalized spacial score (nSPS) is 15.2. The van der Waals surface area contributed by atoms with Gasteiger partial charge in [-0.1, -0.05) is 0 Å². The summed E-state index contributed by atoms with van der Waals surface area (Å²) < 4.78 is 7.87. The SMILES string of the molecule is CN(C)CCOc1ccc2c(c1)ncn2-c1ccc2cc(N3CCC(N)CC3)ccc2n1. The molecule has 0 bridgehead atoms. The highest BCUT2D eigenvalue weighted by molar-refractivity contribution is 5.84. The molecule has 4 aromatic rings. The van der Waals surface area contributed by atoms with Crippen LogP contribution in [-0.2, 0) is 0 Å². The molecule has 1 aliphatic rings. The lowest BCUT2D eigenvalue weighted by atomic mass is 10.0. The molecule has 166 valence electrons. The maximum Gasteiger partial charge on any atom is 0.139 e. The minimum Gasteiger partial charge on any atom is -0.492 e. The Kier molecular flexibility index (Phi) is 5.68. The Morgan fingerprint density at radius 1 is 1.03 bits per heavy atom. The number of anilines is 1. The molecule has 32 heavy (non-hydrogen) atoms. The van der Waals surface area contributed by atoms with Crippen LogP contribution in [0.4, 0.5) is 5.69 Å². The number of hydrogen-bond donors (Lipinski definition) is 1. The summed E-state index contributed by atoms with van der Waals surface area (Å²) in [6, 6.07) is 17.1.